The number of nitrogens with two attached hydrogens (primary N) is 1. The Morgan fingerprint density at radius 3 is 3.15 bits per heavy atom. The number of hydrogen-bond donors (Lipinski definition) is 1. The van der Waals surface area contributed by atoms with Gasteiger partial charge in [-0.15, -0.1) is 0 Å². The van der Waals surface area contributed by atoms with Crippen LogP contribution in [0.1, 0.15) is 18.0 Å². The first-order valence-electron chi connectivity index (χ1n) is 4.55. The Morgan fingerprint density at radius 1 is 1.69 bits per heavy atom. The number of ether oxygens (including phenoxy) is 1. The summed E-state index contributed by atoms with van der Waals surface area (Å²) in [5.74, 6) is 2.09. The summed E-state index contributed by atoms with van der Waals surface area (Å²) in [6.07, 6.45) is 2.97. The van der Waals surface area contributed by atoms with Crippen LogP contribution >= 0.6 is 0 Å². The van der Waals surface area contributed by atoms with Crippen LogP contribution in [0.25, 0.3) is 0 Å². The van der Waals surface area contributed by atoms with Crippen molar-refractivity contribution in [1.82, 2.24) is 4.98 Å². The Labute approximate surface area is 77.9 Å². The van der Waals surface area contributed by atoms with Gasteiger partial charge in [-0.2, -0.15) is 0 Å². The Morgan fingerprint density at radius 2 is 2.54 bits per heavy atom. The first-order chi connectivity index (χ1) is 6.35. The number of pyridine rings is 1. The monoisotopic (exact) mass is 178 g/mol. The highest BCUT2D eigenvalue weighted by molar-refractivity contribution is 5.28. The van der Waals surface area contributed by atoms with Crippen LogP contribution in [-0.4, -0.2) is 18.6 Å². The van der Waals surface area contributed by atoms with Crippen molar-refractivity contribution in [1.29, 1.82) is 0 Å². The van der Waals surface area contributed by atoms with Crippen LogP contribution in [0, 0.1) is 5.92 Å². The second-order valence-corrected chi connectivity index (χ2v) is 3.46. The summed E-state index contributed by atoms with van der Waals surface area (Å²) in [5.41, 5.74) is 6.69. The largest absolute Gasteiger partial charge is 0.497 e. The highest BCUT2D eigenvalue weighted by Crippen LogP contribution is 2.46. The van der Waals surface area contributed by atoms with Crippen molar-refractivity contribution >= 4 is 0 Å². The van der Waals surface area contributed by atoms with Gasteiger partial charge in [0, 0.05) is 23.9 Å². The molecular formula is C10H14N2O. The molecule has 2 unspecified atom stereocenters. The van der Waals surface area contributed by atoms with E-state index in [4.69, 9.17) is 10.5 Å². The van der Waals surface area contributed by atoms with E-state index < -0.39 is 0 Å². The van der Waals surface area contributed by atoms with Crippen molar-refractivity contribution in [2.45, 2.75) is 12.3 Å². The average Bonchev–Trinajstić information content (AvgIpc) is 2.97. The molecule has 70 valence electrons. The number of hydrogen-bond acceptors (Lipinski definition) is 3. The van der Waals surface area contributed by atoms with Crippen molar-refractivity contribution < 1.29 is 4.74 Å². The van der Waals surface area contributed by atoms with E-state index in [0.717, 1.165) is 18.0 Å². The maximum Gasteiger partial charge on any atom is 0.122 e. The molecule has 2 N–H and O–H groups in total. The molecule has 3 nitrogen and oxygen atoms in total. The van der Waals surface area contributed by atoms with E-state index in [1.165, 1.54) is 6.42 Å². The smallest absolute Gasteiger partial charge is 0.122 e. The van der Waals surface area contributed by atoms with Crippen LogP contribution in [0.2, 0.25) is 0 Å². The van der Waals surface area contributed by atoms with Gasteiger partial charge >= 0.3 is 0 Å². The summed E-state index contributed by atoms with van der Waals surface area (Å²) in [7, 11) is 1.67. The minimum absolute atomic E-state index is 0.570. The highest BCUT2D eigenvalue weighted by atomic mass is 16.5. The molecule has 1 aliphatic rings. The molecule has 2 atom stereocenters. The van der Waals surface area contributed by atoms with E-state index in [9.17, 15) is 0 Å². The molecule has 0 spiro atoms. The summed E-state index contributed by atoms with van der Waals surface area (Å²) in [5, 5.41) is 0. The average molecular weight is 178 g/mol. The zero-order chi connectivity index (χ0) is 9.26. The van der Waals surface area contributed by atoms with Gasteiger partial charge in [0.15, 0.2) is 0 Å². The zero-order valence-corrected chi connectivity index (χ0v) is 7.73. The maximum atomic E-state index is 5.57. The lowest BCUT2D eigenvalue weighted by atomic mass is 10.2. The molecule has 0 aliphatic heterocycles. The Bertz CT molecular complexity index is 301. The van der Waals surface area contributed by atoms with Crippen molar-refractivity contribution in [3.8, 4) is 5.75 Å². The maximum absolute atomic E-state index is 5.57. The molecule has 1 aliphatic carbocycles. The topological polar surface area (TPSA) is 48.1 Å². The first-order valence-corrected chi connectivity index (χ1v) is 4.55. The second kappa shape index (κ2) is 3.34. The SMILES string of the molecule is COc1ccnc(C2CC2CN)c1. The fourth-order valence-electron chi connectivity index (χ4n) is 1.63. The summed E-state index contributed by atoms with van der Waals surface area (Å²) < 4.78 is 5.13. The second-order valence-electron chi connectivity index (χ2n) is 3.46. The molecule has 0 radical (unpaired) electrons. The summed E-state index contributed by atoms with van der Waals surface area (Å²) >= 11 is 0. The molecule has 1 aromatic rings. The number of nitrogens with zero attached hydrogens (tertiary/aromatic N) is 1. The van der Waals surface area contributed by atoms with Crippen molar-refractivity contribution in [2.75, 3.05) is 13.7 Å². The Kier molecular flexibility index (Phi) is 2.19. The zero-order valence-electron chi connectivity index (χ0n) is 7.73. The molecule has 2 rings (SSSR count). The van der Waals surface area contributed by atoms with E-state index in [1.807, 2.05) is 12.1 Å². The van der Waals surface area contributed by atoms with Gasteiger partial charge in [-0.05, 0) is 24.9 Å². The van der Waals surface area contributed by atoms with Gasteiger partial charge < -0.3 is 10.5 Å². The summed E-state index contributed by atoms with van der Waals surface area (Å²) in [6.45, 7) is 0.767. The van der Waals surface area contributed by atoms with Crippen LogP contribution in [0.5, 0.6) is 5.75 Å². The van der Waals surface area contributed by atoms with Crippen LogP contribution in [0.15, 0.2) is 18.3 Å². The molecule has 1 fully saturated rings. The molecular weight excluding hydrogens is 164 g/mol. The van der Waals surface area contributed by atoms with Gasteiger partial charge in [-0.1, -0.05) is 0 Å². The molecule has 0 saturated heterocycles. The lowest BCUT2D eigenvalue weighted by Gasteiger charge is -2.01. The molecule has 1 aromatic heterocycles. The lowest BCUT2D eigenvalue weighted by Crippen LogP contribution is -2.02. The van der Waals surface area contributed by atoms with Gasteiger partial charge in [0.05, 0.1) is 7.11 Å². The Hall–Kier alpha value is -1.09. The van der Waals surface area contributed by atoms with Crippen LogP contribution in [0.4, 0.5) is 0 Å². The van der Waals surface area contributed by atoms with E-state index in [0.29, 0.717) is 11.8 Å². The third-order valence-electron chi connectivity index (χ3n) is 2.59. The van der Waals surface area contributed by atoms with E-state index in [1.54, 1.807) is 13.3 Å². The summed E-state index contributed by atoms with van der Waals surface area (Å²) in [6, 6.07) is 3.86. The molecule has 3 heteroatoms. The van der Waals surface area contributed by atoms with Gasteiger partial charge in [-0.3, -0.25) is 4.98 Å². The van der Waals surface area contributed by atoms with Crippen molar-refractivity contribution in [3.05, 3.63) is 24.0 Å². The molecule has 0 amide bonds. The number of methoxy groups -OCH3 is 1. The third-order valence-corrected chi connectivity index (χ3v) is 2.59. The quantitative estimate of drug-likeness (QED) is 0.755. The minimum Gasteiger partial charge on any atom is -0.497 e. The fraction of sp³-hybridized carbons (Fsp3) is 0.500. The molecule has 1 heterocycles. The highest BCUT2D eigenvalue weighted by Gasteiger charge is 2.38. The molecule has 0 bridgehead atoms. The first kappa shape index (κ1) is 8.51. The van der Waals surface area contributed by atoms with Crippen LogP contribution < -0.4 is 10.5 Å². The molecule has 13 heavy (non-hydrogen) atoms. The Balaban J connectivity index is 2.13. The van der Waals surface area contributed by atoms with E-state index in [2.05, 4.69) is 4.98 Å². The third kappa shape index (κ3) is 1.65. The molecule has 0 aromatic carbocycles. The summed E-state index contributed by atoms with van der Waals surface area (Å²) in [4.78, 5) is 4.31. The van der Waals surface area contributed by atoms with Gasteiger partial charge in [-0.25, -0.2) is 0 Å². The van der Waals surface area contributed by atoms with Gasteiger partial charge in [0.2, 0.25) is 0 Å². The van der Waals surface area contributed by atoms with Gasteiger partial charge in [0.1, 0.15) is 5.75 Å². The number of aromatic nitrogens is 1. The minimum atomic E-state index is 0.570. The number of rotatable bonds is 3. The van der Waals surface area contributed by atoms with Crippen LogP contribution in [0.3, 0.4) is 0 Å². The predicted octanol–water partition coefficient (Wildman–Crippen LogP) is 1.15. The van der Waals surface area contributed by atoms with Crippen molar-refractivity contribution in [3.63, 3.8) is 0 Å². The van der Waals surface area contributed by atoms with E-state index in [-0.39, 0.29) is 0 Å². The normalized spacial score (nSPS) is 25.7. The van der Waals surface area contributed by atoms with E-state index >= 15 is 0 Å². The van der Waals surface area contributed by atoms with Crippen molar-refractivity contribution in [2.24, 2.45) is 11.7 Å². The van der Waals surface area contributed by atoms with Crippen LogP contribution in [-0.2, 0) is 0 Å². The predicted molar refractivity (Wildman–Crippen MR) is 50.7 cm³/mol. The fourth-order valence-corrected chi connectivity index (χ4v) is 1.63. The van der Waals surface area contributed by atoms with Gasteiger partial charge in [0.25, 0.3) is 0 Å². The standard InChI is InChI=1S/C10H14N2O/c1-13-8-2-3-12-10(5-8)9-4-7(9)6-11/h2-3,5,7,9H,4,6,11H2,1H3. The molecule has 1 saturated carbocycles. The lowest BCUT2D eigenvalue weighted by molar-refractivity contribution is 0.413.